The minimum Gasteiger partial charge on any atom is -0.507 e. The van der Waals surface area contributed by atoms with Crippen LogP contribution in [0.3, 0.4) is 0 Å². The summed E-state index contributed by atoms with van der Waals surface area (Å²) in [5, 5.41) is 21.8. The third kappa shape index (κ3) is 4.50. The molecule has 2 aliphatic rings. The van der Waals surface area contributed by atoms with Crippen LogP contribution in [0.15, 0.2) is 36.7 Å². The van der Waals surface area contributed by atoms with Gasteiger partial charge in [-0.25, -0.2) is 19.6 Å². The van der Waals surface area contributed by atoms with Gasteiger partial charge < -0.3 is 15.2 Å². The summed E-state index contributed by atoms with van der Waals surface area (Å²) in [6, 6.07) is 3.53. The number of nitriles is 1. The molecule has 0 saturated carbocycles. The van der Waals surface area contributed by atoms with Crippen LogP contribution in [-0.4, -0.2) is 69.3 Å². The lowest BCUT2D eigenvalue weighted by Crippen LogP contribution is -2.59. The molecule has 192 valence electrons. The molecule has 37 heavy (non-hydrogen) atoms. The Labute approximate surface area is 207 Å². The first-order valence-electron chi connectivity index (χ1n) is 10.8. The first-order valence-corrected chi connectivity index (χ1v) is 10.8. The molecule has 14 heteroatoms. The number of hydrogen-bond acceptors (Lipinski definition) is 9. The van der Waals surface area contributed by atoms with Crippen molar-refractivity contribution in [3.05, 3.63) is 53.5 Å². The highest BCUT2D eigenvalue weighted by Gasteiger charge is 2.71. The summed E-state index contributed by atoms with van der Waals surface area (Å²) in [4.78, 5) is 46.9. The van der Waals surface area contributed by atoms with Crippen LogP contribution in [0.2, 0.25) is 0 Å². The van der Waals surface area contributed by atoms with E-state index in [0.29, 0.717) is 31.8 Å². The number of alkyl halides is 3. The Balaban J connectivity index is 1.65. The van der Waals surface area contributed by atoms with Crippen molar-refractivity contribution >= 4 is 29.7 Å². The van der Waals surface area contributed by atoms with E-state index in [1.165, 1.54) is 18.3 Å². The molecule has 2 saturated heterocycles. The molecule has 2 aliphatic heterocycles. The van der Waals surface area contributed by atoms with Crippen LogP contribution >= 0.6 is 0 Å². The van der Waals surface area contributed by atoms with E-state index in [4.69, 9.17) is 10.00 Å². The molecule has 2 aromatic rings. The minimum absolute atomic E-state index is 0.0528. The number of urea groups is 1. The topological polar surface area (TPSA) is 149 Å². The zero-order valence-electron chi connectivity index (χ0n) is 19.2. The number of rotatable bonds is 4. The second-order valence-electron chi connectivity index (χ2n) is 8.27. The molecule has 0 aliphatic carbocycles. The van der Waals surface area contributed by atoms with Crippen molar-refractivity contribution in [3.8, 4) is 11.8 Å². The summed E-state index contributed by atoms with van der Waals surface area (Å²) in [5.41, 5.74) is -3.02. The number of aromatic nitrogens is 2. The maximum atomic E-state index is 14.1. The molecule has 0 bridgehead atoms. The lowest BCUT2D eigenvalue weighted by atomic mass is 9.99. The number of carbonyl (C=O) groups is 3. The molecule has 4 rings (SSSR count). The Kier molecular flexibility index (Phi) is 6.68. The van der Waals surface area contributed by atoms with Gasteiger partial charge in [0.1, 0.15) is 11.8 Å². The predicted molar refractivity (Wildman–Crippen MR) is 120 cm³/mol. The summed E-state index contributed by atoms with van der Waals surface area (Å²) in [6.45, 7) is 1.76. The zero-order chi connectivity index (χ0) is 27.0. The van der Waals surface area contributed by atoms with Gasteiger partial charge in [0.05, 0.1) is 42.9 Å². The number of imide groups is 2. The first kappa shape index (κ1) is 25.7. The molecular formula is C23H19F3N6O5. The monoisotopic (exact) mass is 516 g/mol. The molecule has 2 atom stereocenters. The fourth-order valence-electron chi connectivity index (χ4n) is 3.83. The van der Waals surface area contributed by atoms with E-state index in [1.807, 2.05) is 0 Å². The van der Waals surface area contributed by atoms with Crippen LogP contribution in [-0.2, 0) is 14.3 Å². The van der Waals surface area contributed by atoms with Gasteiger partial charge in [0, 0.05) is 12.6 Å². The Bertz CT molecular complexity index is 1320. The number of hydrogen-bond donors (Lipinski definition) is 2. The van der Waals surface area contributed by atoms with E-state index in [1.54, 1.807) is 6.07 Å². The average molecular weight is 516 g/mol. The van der Waals surface area contributed by atoms with Gasteiger partial charge >= 0.3 is 12.2 Å². The van der Waals surface area contributed by atoms with Crippen LogP contribution < -0.4 is 10.2 Å². The number of aromatic hydroxyl groups is 1. The fraction of sp³-hybridized carbons (Fsp3) is 0.304. The number of benzene rings is 1. The van der Waals surface area contributed by atoms with Crippen molar-refractivity contribution in [2.45, 2.75) is 24.7 Å². The molecule has 0 spiro atoms. The Hall–Kier alpha value is -4.35. The SMILES string of the molecule is CC1(C(F)(F)F)C(=O)N(c2cnc(C3COCCN3)cn2)C(=O)N1C(=O)/C=C/c1ccc(C#N)c(O)c1. The van der Waals surface area contributed by atoms with Gasteiger partial charge in [-0.3, -0.25) is 14.6 Å². The van der Waals surface area contributed by atoms with Gasteiger partial charge in [0.2, 0.25) is 5.54 Å². The Morgan fingerprint density at radius 2 is 2.08 bits per heavy atom. The number of halogens is 3. The molecule has 11 nitrogen and oxygen atoms in total. The number of anilines is 1. The largest absolute Gasteiger partial charge is 0.507 e. The number of nitrogens with one attached hydrogen (secondary N) is 1. The molecule has 2 unspecified atom stereocenters. The van der Waals surface area contributed by atoms with Gasteiger partial charge in [-0.15, -0.1) is 0 Å². The second-order valence-corrected chi connectivity index (χ2v) is 8.27. The average Bonchev–Trinajstić information content (AvgIpc) is 3.09. The van der Waals surface area contributed by atoms with E-state index in [2.05, 4.69) is 15.3 Å². The van der Waals surface area contributed by atoms with Gasteiger partial charge in [-0.2, -0.15) is 18.4 Å². The van der Waals surface area contributed by atoms with Crippen LogP contribution in [0.4, 0.5) is 23.8 Å². The number of morpholine rings is 1. The predicted octanol–water partition coefficient (Wildman–Crippen LogP) is 2.04. The van der Waals surface area contributed by atoms with E-state index >= 15 is 0 Å². The minimum atomic E-state index is -5.32. The first-order chi connectivity index (χ1) is 17.5. The van der Waals surface area contributed by atoms with Crippen molar-refractivity contribution in [3.63, 3.8) is 0 Å². The Morgan fingerprint density at radius 1 is 1.32 bits per heavy atom. The molecular weight excluding hydrogens is 497 g/mol. The normalized spacial score (nSPS) is 22.5. The van der Waals surface area contributed by atoms with Crippen molar-refractivity contribution < 1.29 is 37.4 Å². The number of nitrogens with zero attached hydrogens (tertiary/aromatic N) is 5. The lowest BCUT2D eigenvalue weighted by molar-refractivity contribution is -0.209. The number of carbonyl (C=O) groups excluding carboxylic acids is 3. The zero-order valence-corrected chi connectivity index (χ0v) is 19.2. The van der Waals surface area contributed by atoms with Crippen LogP contribution in [0.1, 0.15) is 29.8 Å². The van der Waals surface area contributed by atoms with E-state index in [9.17, 15) is 32.7 Å². The van der Waals surface area contributed by atoms with Gasteiger partial charge in [0.25, 0.3) is 11.8 Å². The summed E-state index contributed by atoms with van der Waals surface area (Å²) < 4.78 is 47.7. The highest BCUT2D eigenvalue weighted by molar-refractivity contribution is 6.28. The molecule has 2 N–H and O–H groups in total. The van der Waals surface area contributed by atoms with Crippen LogP contribution in [0.25, 0.3) is 6.08 Å². The van der Waals surface area contributed by atoms with Gasteiger partial charge in [0.15, 0.2) is 5.82 Å². The van der Waals surface area contributed by atoms with E-state index < -0.39 is 41.1 Å². The number of ether oxygens (including phenoxy) is 1. The van der Waals surface area contributed by atoms with Gasteiger partial charge in [-0.05, 0) is 30.7 Å². The van der Waals surface area contributed by atoms with Crippen molar-refractivity contribution in [1.29, 1.82) is 5.26 Å². The molecule has 1 aromatic carbocycles. The summed E-state index contributed by atoms with van der Waals surface area (Å²) in [6.07, 6.45) is -1.45. The molecule has 2 fully saturated rings. The van der Waals surface area contributed by atoms with Crippen LogP contribution in [0.5, 0.6) is 5.75 Å². The molecule has 4 amide bonds. The highest BCUT2D eigenvalue weighted by Crippen LogP contribution is 2.43. The summed E-state index contributed by atoms with van der Waals surface area (Å²) in [5.74, 6) is -4.04. The quantitative estimate of drug-likeness (QED) is 0.460. The van der Waals surface area contributed by atoms with Crippen LogP contribution in [0, 0.1) is 11.3 Å². The molecule has 0 radical (unpaired) electrons. The fourth-order valence-corrected chi connectivity index (χ4v) is 3.83. The van der Waals surface area contributed by atoms with E-state index in [-0.39, 0.29) is 33.6 Å². The number of phenols is 1. The highest BCUT2D eigenvalue weighted by atomic mass is 19.4. The summed E-state index contributed by atoms with van der Waals surface area (Å²) in [7, 11) is 0. The second kappa shape index (κ2) is 9.60. The smallest absolute Gasteiger partial charge is 0.421 e. The van der Waals surface area contributed by atoms with Crippen molar-refractivity contribution in [1.82, 2.24) is 20.2 Å². The number of amides is 4. The summed E-state index contributed by atoms with van der Waals surface area (Å²) >= 11 is 0. The third-order valence-electron chi connectivity index (χ3n) is 5.95. The maximum absolute atomic E-state index is 14.1. The van der Waals surface area contributed by atoms with Crippen molar-refractivity contribution in [2.75, 3.05) is 24.7 Å². The lowest BCUT2D eigenvalue weighted by Gasteiger charge is -2.31. The molecule has 3 heterocycles. The van der Waals surface area contributed by atoms with Gasteiger partial charge in [-0.1, -0.05) is 6.07 Å². The number of phenolic OH excluding ortho intramolecular Hbond substituents is 1. The molecule has 1 aromatic heterocycles. The standard InChI is InChI=1S/C23H19F3N6O5/c1-22(23(24,25)26)20(35)31(18-11-29-15(10-30-18)16-12-37-7-6-28-16)21(36)32(22)19(34)5-3-13-2-4-14(9-27)17(33)8-13/h2-5,8,10-11,16,28,33H,6-7,12H2,1H3/b5-3+. The van der Waals surface area contributed by atoms with E-state index in [0.717, 1.165) is 18.3 Å². The third-order valence-corrected chi connectivity index (χ3v) is 5.95. The maximum Gasteiger partial charge on any atom is 0.421 e. The van der Waals surface area contributed by atoms with Crippen molar-refractivity contribution in [2.24, 2.45) is 0 Å². The Morgan fingerprint density at radius 3 is 2.65 bits per heavy atom.